The Morgan fingerprint density at radius 1 is 1.11 bits per heavy atom. The average molecular weight is 383 g/mol. The molecular weight excluding hydrogens is 357 g/mol. The zero-order valence-electron chi connectivity index (χ0n) is 16.1. The molecule has 2 aromatic rings. The molecular formula is C22H26FN3O2. The Labute approximate surface area is 164 Å². The van der Waals surface area contributed by atoms with E-state index in [9.17, 15) is 14.0 Å². The van der Waals surface area contributed by atoms with Gasteiger partial charge in [-0.1, -0.05) is 36.4 Å². The van der Waals surface area contributed by atoms with Crippen molar-refractivity contribution in [1.82, 2.24) is 15.5 Å². The van der Waals surface area contributed by atoms with Crippen molar-refractivity contribution < 1.29 is 14.0 Å². The molecule has 1 aliphatic heterocycles. The molecule has 0 unspecified atom stereocenters. The summed E-state index contributed by atoms with van der Waals surface area (Å²) in [5.41, 5.74) is 1.34. The van der Waals surface area contributed by atoms with Crippen LogP contribution in [-0.2, 0) is 11.3 Å². The minimum absolute atomic E-state index is 0.113. The lowest BCUT2D eigenvalue weighted by Gasteiger charge is -2.35. The third-order valence-corrected chi connectivity index (χ3v) is 5.29. The van der Waals surface area contributed by atoms with Crippen LogP contribution in [0, 0.1) is 5.82 Å². The molecule has 1 atom stereocenters. The fraction of sp³-hybridized carbons (Fsp3) is 0.364. The van der Waals surface area contributed by atoms with Crippen LogP contribution in [0.2, 0.25) is 0 Å². The molecule has 1 aliphatic rings. The first-order chi connectivity index (χ1) is 13.5. The van der Waals surface area contributed by atoms with E-state index in [0.29, 0.717) is 6.54 Å². The van der Waals surface area contributed by atoms with Gasteiger partial charge in [0, 0.05) is 24.2 Å². The van der Waals surface area contributed by atoms with Gasteiger partial charge in [-0.2, -0.15) is 0 Å². The van der Waals surface area contributed by atoms with E-state index >= 15 is 0 Å². The Hall–Kier alpha value is -2.73. The van der Waals surface area contributed by atoms with Gasteiger partial charge >= 0.3 is 0 Å². The maximum absolute atomic E-state index is 13.2. The lowest BCUT2D eigenvalue weighted by Crippen LogP contribution is -2.51. The summed E-state index contributed by atoms with van der Waals surface area (Å²) in [4.78, 5) is 26.6. The van der Waals surface area contributed by atoms with Crippen LogP contribution in [0.3, 0.4) is 0 Å². The number of hydrogen-bond donors (Lipinski definition) is 2. The molecule has 6 heteroatoms. The highest BCUT2D eigenvalue weighted by atomic mass is 19.1. The minimum atomic E-state index is -0.482. The predicted molar refractivity (Wildman–Crippen MR) is 106 cm³/mol. The number of nitrogens with one attached hydrogen (secondary N) is 2. The number of hydrogen-bond acceptors (Lipinski definition) is 3. The lowest BCUT2D eigenvalue weighted by atomic mass is 9.98. The second-order valence-electron chi connectivity index (χ2n) is 7.48. The number of halogens is 1. The number of amides is 2. The second kappa shape index (κ2) is 8.97. The molecule has 0 aliphatic carbocycles. The van der Waals surface area contributed by atoms with Gasteiger partial charge in [-0.3, -0.25) is 14.5 Å². The van der Waals surface area contributed by atoms with E-state index in [1.807, 2.05) is 18.2 Å². The molecule has 2 amide bonds. The number of benzene rings is 2. The number of rotatable bonds is 7. The third kappa shape index (κ3) is 5.16. The van der Waals surface area contributed by atoms with Crippen molar-refractivity contribution >= 4 is 11.8 Å². The van der Waals surface area contributed by atoms with Gasteiger partial charge in [0.25, 0.3) is 5.91 Å². The van der Waals surface area contributed by atoms with E-state index in [1.54, 1.807) is 0 Å². The maximum Gasteiger partial charge on any atom is 0.251 e. The van der Waals surface area contributed by atoms with Gasteiger partial charge in [-0.05, 0) is 50.1 Å². The zero-order valence-corrected chi connectivity index (χ0v) is 16.1. The van der Waals surface area contributed by atoms with Crippen LogP contribution in [0.1, 0.15) is 35.7 Å². The van der Waals surface area contributed by atoms with E-state index in [4.69, 9.17) is 0 Å². The molecule has 0 aromatic heterocycles. The first-order valence-corrected chi connectivity index (χ1v) is 9.56. The van der Waals surface area contributed by atoms with Crippen LogP contribution in [-0.4, -0.2) is 41.9 Å². The smallest absolute Gasteiger partial charge is 0.251 e. The summed E-state index contributed by atoms with van der Waals surface area (Å²) in [6, 6.07) is 15.7. The van der Waals surface area contributed by atoms with Crippen LogP contribution < -0.4 is 10.6 Å². The van der Waals surface area contributed by atoms with Gasteiger partial charge < -0.3 is 10.6 Å². The Morgan fingerprint density at radius 3 is 2.64 bits per heavy atom. The second-order valence-corrected chi connectivity index (χ2v) is 7.48. The monoisotopic (exact) mass is 383 g/mol. The van der Waals surface area contributed by atoms with E-state index in [2.05, 4.69) is 34.6 Å². The topological polar surface area (TPSA) is 61.4 Å². The van der Waals surface area contributed by atoms with Gasteiger partial charge in [0.2, 0.25) is 5.91 Å². The van der Waals surface area contributed by atoms with E-state index < -0.39 is 11.7 Å². The summed E-state index contributed by atoms with van der Waals surface area (Å²) in [5, 5.41) is 5.46. The zero-order chi connectivity index (χ0) is 20.0. The first-order valence-electron chi connectivity index (χ1n) is 9.56. The molecule has 0 radical (unpaired) electrons. The molecule has 1 heterocycles. The summed E-state index contributed by atoms with van der Waals surface area (Å²) in [5.74, 6) is -1.20. The Morgan fingerprint density at radius 2 is 1.89 bits per heavy atom. The van der Waals surface area contributed by atoms with Gasteiger partial charge in [-0.25, -0.2) is 4.39 Å². The normalized spacial score (nSPS) is 19.4. The van der Waals surface area contributed by atoms with Crippen molar-refractivity contribution in [3.63, 3.8) is 0 Å². The lowest BCUT2D eigenvalue weighted by molar-refractivity contribution is -0.120. The van der Waals surface area contributed by atoms with E-state index in [-0.39, 0.29) is 23.6 Å². The molecule has 0 spiro atoms. The molecule has 5 nitrogen and oxygen atoms in total. The van der Waals surface area contributed by atoms with Crippen LogP contribution in [0.5, 0.6) is 0 Å². The minimum Gasteiger partial charge on any atom is -0.353 e. The fourth-order valence-electron chi connectivity index (χ4n) is 3.60. The summed E-state index contributed by atoms with van der Waals surface area (Å²) in [6.45, 7) is 4.40. The highest BCUT2D eigenvalue weighted by Gasteiger charge is 2.36. The number of carbonyl (C=O) groups excluding carboxylic acids is 2. The molecule has 2 aromatic carbocycles. The summed E-state index contributed by atoms with van der Waals surface area (Å²) in [7, 11) is 0. The van der Waals surface area contributed by atoms with E-state index in [1.165, 1.54) is 23.8 Å². The first kappa shape index (κ1) is 20.0. The average Bonchev–Trinajstić information content (AvgIpc) is 3.06. The van der Waals surface area contributed by atoms with Gasteiger partial charge in [0.05, 0.1) is 6.54 Å². The highest BCUT2D eigenvalue weighted by molar-refractivity contribution is 5.96. The highest BCUT2D eigenvalue weighted by Crippen LogP contribution is 2.29. The molecule has 3 rings (SSSR count). The largest absolute Gasteiger partial charge is 0.353 e. The number of likely N-dealkylation sites (tertiary alicyclic amines) is 1. The van der Waals surface area contributed by atoms with Crippen molar-refractivity contribution in [1.29, 1.82) is 0 Å². The molecule has 0 saturated carbocycles. The molecule has 0 bridgehead atoms. The van der Waals surface area contributed by atoms with Gasteiger partial charge in [0.15, 0.2) is 0 Å². The molecule has 1 saturated heterocycles. The van der Waals surface area contributed by atoms with Gasteiger partial charge in [0.1, 0.15) is 5.82 Å². The van der Waals surface area contributed by atoms with Crippen LogP contribution >= 0.6 is 0 Å². The summed E-state index contributed by atoms with van der Waals surface area (Å²) < 4.78 is 13.2. The van der Waals surface area contributed by atoms with Crippen LogP contribution in [0.15, 0.2) is 54.6 Å². The van der Waals surface area contributed by atoms with Crippen molar-refractivity contribution in [2.24, 2.45) is 0 Å². The van der Waals surface area contributed by atoms with Gasteiger partial charge in [-0.15, -0.1) is 0 Å². The number of carbonyl (C=O) groups is 2. The number of nitrogens with zero attached hydrogens (tertiary/aromatic N) is 1. The Bertz CT molecular complexity index is 828. The SMILES string of the molecule is C[C@@]1(CNC(=O)CNC(=O)c2cccc(F)c2)CCCN1Cc1ccccc1. The third-order valence-electron chi connectivity index (χ3n) is 5.29. The molecule has 148 valence electrons. The molecule has 28 heavy (non-hydrogen) atoms. The molecule has 1 fully saturated rings. The quantitative estimate of drug-likeness (QED) is 0.773. The van der Waals surface area contributed by atoms with Crippen molar-refractivity contribution in [2.45, 2.75) is 31.8 Å². The fourth-order valence-corrected chi connectivity index (χ4v) is 3.60. The van der Waals surface area contributed by atoms with Crippen LogP contribution in [0.25, 0.3) is 0 Å². The predicted octanol–water partition coefficient (Wildman–Crippen LogP) is 2.73. The van der Waals surface area contributed by atoms with Crippen molar-refractivity contribution in [3.8, 4) is 0 Å². The maximum atomic E-state index is 13.2. The van der Waals surface area contributed by atoms with E-state index in [0.717, 1.165) is 32.0 Å². The molecule has 2 N–H and O–H groups in total. The standard InChI is InChI=1S/C22H26FN3O2/c1-22(11-6-12-26(22)15-17-7-3-2-4-8-17)16-25-20(27)14-24-21(28)18-9-5-10-19(23)13-18/h2-5,7-10,13H,6,11-12,14-16H2,1H3,(H,24,28)(H,25,27)/t22-/m0/s1. The van der Waals surface area contributed by atoms with Crippen molar-refractivity contribution in [2.75, 3.05) is 19.6 Å². The summed E-state index contributed by atoms with van der Waals surface area (Å²) >= 11 is 0. The van der Waals surface area contributed by atoms with Crippen LogP contribution in [0.4, 0.5) is 4.39 Å². The summed E-state index contributed by atoms with van der Waals surface area (Å²) in [6.07, 6.45) is 2.10. The van der Waals surface area contributed by atoms with Crippen molar-refractivity contribution in [3.05, 3.63) is 71.5 Å². The Balaban J connectivity index is 1.48. The Kier molecular flexibility index (Phi) is 6.41.